The van der Waals surface area contributed by atoms with E-state index < -0.39 is 144 Å². The largest absolute Gasteiger partial charge is 0.234 e. The summed E-state index contributed by atoms with van der Waals surface area (Å²) in [5.74, 6) is -71.4. The highest BCUT2D eigenvalue weighted by molar-refractivity contribution is 7.20. The maximum absolute atomic E-state index is 15.4. The molecule has 0 amide bonds. The third-order valence-electron chi connectivity index (χ3n) is 9.49. The van der Waals surface area contributed by atoms with E-state index in [1.54, 1.807) is 0 Å². The first kappa shape index (κ1) is 45.5. The molecule has 0 bridgehead atoms. The van der Waals surface area contributed by atoms with Gasteiger partial charge in [-0.2, -0.15) is 4.57 Å². The molecule has 0 spiro atoms. The molecule has 23 heteroatoms. The van der Waals surface area contributed by atoms with Gasteiger partial charge in [0, 0.05) is 19.4 Å². The molecule has 0 N–H and O–H groups in total. The van der Waals surface area contributed by atoms with E-state index in [-0.39, 0.29) is 0 Å². The number of hydrogen-bond donors (Lipinski definition) is 0. The number of thiazole rings is 1. The van der Waals surface area contributed by atoms with E-state index in [0.29, 0.717) is 0 Å². The maximum Gasteiger partial charge on any atom is 0.234 e. The highest BCUT2D eigenvalue weighted by Gasteiger charge is 2.52. The SMILES string of the molecule is Cc1sc(C)[n+](Cc2ccccc2)c1C.Fc1c(F)c(F)c([B-](c2c(F)c(F)c(F)c(F)c2F)(c2c(F)c(F)c(F)c(F)c2F)c2c(F)c(F)c(F)c(F)c2F)c(F)c1F. The van der Waals surface area contributed by atoms with Crippen molar-refractivity contribution in [3.63, 3.8) is 0 Å². The van der Waals surface area contributed by atoms with E-state index in [9.17, 15) is 52.7 Å². The van der Waals surface area contributed by atoms with Crippen LogP contribution in [-0.4, -0.2) is 6.15 Å². The average molecular weight is 897 g/mol. The van der Waals surface area contributed by atoms with Crippen LogP contribution in [-0.2, 0) is 6.54 Å². The fraction of sp³-hybridized carbons (Fsp3) is 0.108. The van der Waals surface area contributed by atoms with Gasteiger partial charge in [0.05, 0.1) is 4.88 Å². The molecule has 0 atom stereocenters. The third-order valence-corrected chi connectivity index (χ3v) is 10.6. The van der Waals surface area contributed by atoms with Crippen molar-refractivity contribution in [3.8, 4) is 0 Å². The van der Waals surface area contributed by atoms with Crippen molar-refractivity contribution >= 4 is 39.3 Å². The maximum atomic E-state index is 15.4. The van der Waals surface area contributed by atoms with Crippen molar-refractivity contribution in [1.82, 2.24) is 0 Å². The van der Waals surface area contributed by atoms with Crippen LogP contribution in [0, 0.1) is 137 Å². The lowest BCUT2D eigenvalue weighted by atomic mass is 9.12. The van der Waals surface area contributed by atoms with Gasteiger partial charge >= 0.3 is 0 Å². The molecule has 60 heavy (non-hydrogen) atoms. The number of nitrogens with zero attached hydrogens (tertiary/aromatic N) is 1. The first-order chi connectivity index (χ1) is 27.9. The van der Waals surface area contributed by atoms with Gasteiger partial charge in [-0.25, -0.2) is 87.8 Å². The van der Waals surface area contributed by atoms with Crippen LogP contribution >= 0.6 is 11.3 Å². The predicted molar refractivity (Wildman–Crippen MR) is 173 cm³/mol. The number of benzene rings is 5. The molecular formula is C37H16BF20NS. The van der Waals surface area contributed by atoms with E-state index in [2.05, 4.69) is 55.7 Å². The summed E-state index contributed by atoms with van der Waals surface area (Å²) in [7, 11) is 0. The van der Waals surface area contributed by atoms with Gasteiger partial charge in [-0.3, -0.25) is 0 Å². The highest BCUT2D eigenvalue weighted by Crippen LogP contribution is 2.31. The number of aryl methyl sites for hydroxylation is 2. The Balaban J connectivity index is 0.000000379. The lowest BCUT2D eigenvalue weighted by Crippen LogP contribution is -2.81. The Morgan fingerprint density at radius 2 is 0.600 bits per heavy atom. The number of hydrogen-bond acceptors (Lipinski definition) is 1. The second kappa shape index (κ2) is 16.5. The molecule has 0 fully saturated rings. The van der Waals surface area contributed by atoms with Gasteiger partial charge in [0.2, 0.25) is 5.01 Å². The average Bonchev–Trinajstić information content (AvgIpc) is 3.46. The van der Waals surface area contributed by atoms with Gasteiger partial charge in [-0.1, -0.05) is 41.7 Å². The topological polar surface area (TPSA) is 3.88 Å². The van der Waals surface area contributed by atoms with Gasteiger partial charge < -0.3 is 0 Å². The van der Waals surface area contributed by atoms with Crippen molar-refractivity contribution in [3.05, 3.63) is 168 Å². The van der Waals surface area contributed by atoms with Gasteiger partial charge in [0.25, 0.3) is 0 Å². The Morgan fingerprint density at radius 3 is 0.817 bits per heavy atom. The molecule has 5 aromatic carbocycles. The minimum absolute atomic E-state index is 0.989. The smallest absolute Gasteiger partial charge is 0.207 e. The highest BCUT2D eigenvalue weighted by atomic mass is 32.1. The summed E-state index contributed by atoms with van der Waals surface area (Å²) >= 11 is 1.88. The summed E-state index contributed by atoms with van der Waals surface area (Å²) in [5.41, 5.74) is -11.6. The molecule has 0 saturated carbocycles. The van der Waals surface area contributed by atoms with Gasteiger partial charge in [0.15, 0.2) is 82.0 Å². The zero-order valence-corrected chi connectivity index (χ0v) is 30.4. The Bertz CT molecular complexity index is 2340. The first-order valence-corrected chi connectivity index (χ1v) is 16.9. The molecule has 1 heterocycles. The van der Waals surface area contributed by atoms with Gasteiger partial charge in [0.1, 0.15) is 52.7 Å². The predicted octanol–water partition coefficient (Wildman–Crippen LogP) is 8.86. The second-order valence-electron chi connectivity index (χ2n) is 12.6. The van der Waals surface area contributed by atoms with Crippen molar-refractivity contribution in [2.75, 3.05) is 0 Å². The fourth-order valence-electron chi connectivity index (χ4n) is 6.65. The lowest BCUT2D eigenvalue weighted by molar-refractivity contribution is -0.695. The fourth-order valence-corrected chi connectivity index (χ4v) is 7.66. The number of rotatable bonds is 6. The molecule has 0 aliphatic heterocycles. The Hall–Kier alpha value is -5.61. The third kappa shape index (κ3) is 6.83. The number of halogens is 20. The van der Waals surface area contributed by atoms with Crippen LogP contribution < -0.4 is 26.4 Å². The molecule has 6 rings (SSSR count). The Labute approximate surface area is 326 Å². The minimum Gasteiger partial charge on any atom is -0.207 e. The molecule has 0 saturated heterocycles. The summed E-state index contributed by atoms with van der Waals surface area (Å²) in [5, 5.41) is 1.38. The molecule has 318 valence electrons. The Kier molecular flexibility index (Phi) is 12.5. The monoisotopic (exact) mass is 897 g/mol. The van der Waals surface area contributed by atoms with Crippen LogP contribution in [0.5, 0.6) is 0 Å². The van der Waals surface area contributed by atoms with Crippen molar-refractivity contribution < 1.29 is 92.4 Å². The second-order valence-corrected chi connectivity index (χ2v) is 14.0. The van der Waals surface area contributed by atoms with E-state index in [1.807, 2.05) is 11.3 Å². The van der Waals surface area contributed by atoms with Gasteiger partial charge in [-0.05, 0) is 6.92 Å². The molecule has 0 aliphatic rings. The molecule has 0 aliphatic carbocycles. The van der Waals surface area contributed by atoms with Crippen LogP contribution in [0.4, 0.5) is 87.8 Å². The molecular weight excluding hydrogens is 881 g/mol. The molecule has 6 aromatic rings. The number of aromatic nitrogens is 1. The molecule has 1 nitrogen and oxygen atoms in total. The lowest BCUT2D eigenvalue weighted by Gasteiger charge is -2.44. The molecule has 0 radical (unpaired) electrons. The summed E-state index contributed by atoms with van der Waals surface area (Å²) in [6, 6.07) is 10.6. The van der Waals surface area contributed by atoms with Crippen molar-refractivity contribution in [2.45, 2.75) is 27.3 Å². The van der Waals surface area contributed by atoms with Crippen LogP contribution in [0.15, 0.2) is 30.3 Å². The van der Waals surface area contributed by atoms with Gasteiger partial charge in [-0.15, -0.1) is 21.9 Å². The van der Waals surface area contributed by atoms with E-state index >= 15 is 35.1 Å². The van der Waals surface area contributed by atoms with Crippen LogP contribution in [0.3, 0.4) is 0 Å². The minimum atomic E-state index is -7.22. The zero-order valence-electron chi connectivity index (χ0n) is 29.6. The van der Waals surface area contributed by atoms with Crippen molar-refractivity contribution in [1.29, 1.82) is 0 Å². The van der Waals surface area contributed by atoms with Crippen LogP contribution in [0.1, 0.15) is 21.1 Å². The summed E-state index contributed by atoms with van der Waals surface area (Å²) < 4.78 is 296. The standard InChI is InChI=1S/C24BF20.C13H16NS/c26-5-1(6(27)14(35)21(42)13(5)34)25(2-7(28)15(36)22(43)16(37)8(2)29,3-9(30)17(38)23(44)18(39)10(3)31)4-11(32)19(40)24(45)20(41)12(4)33;1-10-11(2)15-12(3)14(10)9-13-7-5-4-6-8-13/h;4-8H,9H2,1-3H3/q-1;+1. The first-order valence-electron chi connectivity index (χ1n) is 16.1. The molecule has 0 unspecified atom stereocenters. The normalized spacial score (nSPS) is 11.7. The van der Waals surface area contributed by atoms with E-state index in [1.165, 1.54) is 21.1 Å². The van der Waals surface area contributed by atoms with E-state index in [4.69, 9.17) is 0 Å². The summed E-state index contributed by atoms with van der Waals surface area (Å²) in [6.07, 6.45) is -7.22. The van der Waals surface area contributed by atoms with E-state index in [0.717, 1.165) is 6.54 Å². The Morgan fingerprint density at radius 1 is 0.367 bits per heavy atom. The quantitative estimate of drug-likeness (QED) is 0.0518. The zero-order chi connectivity index (χ0) is 45.2. The summed E-state index contributed by atoms with van der Waals surface area (Å²) in [4.78, 5) is 1.42. The van der Waals surface area contributed by atoms with Crippen molar-refractivity contribution in [2.24, 2.45) is 0 Å². The van der Waals surface area contributed by atoms with Crippen LogP contribution in [0.2, 0.25) is 0 Å². The summed E-state index contributed by atoms with van der Waals surface area (Å²) in [6.45, 7) is 7.56. The molecule has 1 aromatic heterocycles. The van der Waals surface area contributed by atoms with Crippen LogP contribution in [0.25, 0.3) is 0 Å².